The maximum Gasteiger partial charge on any atom is 0.150 e. The lowest BCUT2D eigenvalue weighted by atomic mass is 10.1. The fourth-order valence-corrected chi connectivity index (χ4v) is 3.70. The summed E-state index contributed by atoms with van der Waals surface area (Å²) < 4.78 is 35.6. The Kier molecular flexibility index (Phi) is 4.54. The molecule has 1 aromatic carbocycles. The number of benzene rings is 1. The van der Waals surface area contributed by atoms with Crippen LogP contribution in [-0.4, -0.2) is 37.6 Å². The maximum absolute atomic E-state index is 13.0. The van der Waals surface area contributed by atoms with Crippen LogP contribution in [0.1, 0.15) is 24.5 Å². The van der Waals surface area contributed by atoms with E-state index in [-0.39, 0.29) is 23.4 Å². The van der Waals surface area contributed by atoms with Gasteiger partial charge in [-0.15, -0.1) is 0 Å². The average Bonchev–Trinajstić information content (AvgIpc) is 2.37. The highest BCUT2D eigenvalue weighted by molar-refractivity contribution is 7.91. The Morgan fingerprint density at radius 3 is 2.68 bits per heavy atom. The van der Waals surface area contributed by atoms with Gasteiger partial charge in [0.25, 0.3) is 0 Å². The molecular formula is C13H18FNO3S. The topological polar surface area (TPSA) is 66.4 Å². The molecule has 1 aliphatic rings. The molecule has 1 fully saturated rings. The molecule has 1 saturated heterocycles. The van der Waals surface area contributed by atoms with Gasteiger partial charge in [0.2, 0.25) is 0 Å². The van der Waals surface area contributed by atoms with E-state index in [0.717, 1.165) is 0 Å². The number of hydrogen-bond donors (Lipinski definition) is 2. The van der Waals surface area contributed by atoms with E-state index >= 15 is 0 Å². The first kappa shape index (κ1) is 14.4. The van der Waals surface area contributed by atoms with Gasteiger partial charge in [-0.05, 0) is 30.5 Å². The van der Waals surface area contributed by atoms with Crippen molar-refractivity contribution in [1.82, 2.24) is 5.32 Å². The number of aliphatic hydroxyl groups is 1. The fraction of sp³-hybridized carbons (Fsp3) is 0.538. The molecule has 0 saturated carbocycles. The van der Waals surface area contributed by atoms with Crippen LogP contribution in [0.25, 0.3) is 0 Å². The summed E-state index contributed by atoms with van der Waals surface area (Å²) in [6.07, 6.45) is 0.352. The standard InChI is InChI=1S/C13H18FNO3S/c14-11-3-1-2-10(8-11)13(16)9-15-12-4-6-19(17,18)7-5-12/h1-3,8,12-13,15-16H,4-7,9H2. The lowest BCUT2D eigenvalue weighted by molar-refractivity contribution is 0.168. The summed E-state index contributed by atoms with van der Waals surface area (Å²) in [5.41, 5.74) is 0.524. The van der Waals surface area contributed by atoms with Crippen LogP contribution in [0.5, 0.6) is 0 Å². The number of aliphatic hydroxyl groups excluding tert-OH is 1. The molecule has 0 spiro atoms. The minimum atomic E-state index is -2.86. The first-order valence-corrected chi connectivity index (χ1v) is 8.16. The second kappa shape index (κ2) is 5.98. The van der Waals surface area contributed by atoms with Gasteiger partial charge >= 0.3 is 0 Å². The molecule has 0 bridgehead atoms. The molecule has 1 aromatic rings. The summed E-state index contributed by atoms with van der Waals surface area (Å²) >= 11 is 0. The third-order valence-corrected chi connectivity index (χ3v) is 5.10. The third kappa shape index (κ3) is 4.26. The van der Waals surface area contributed by atoms with Gasteiger partial charge in [0.1, 0.15) is 15.7 Å². The second-order valence-electron chi connectivity index (χ2n) is 4.91. The molecular weight excluding hydrogens is 269 g/mol. The molecule has 0 aromatic heterocycles. The van der Waals surface area contributed by atoms with Gasteiger partial charge in [0.15, 0.2) is 0 Å². The van der Waals surface area contributed by atoms with E-state index in [4.69, 9.17) is 0 Å². The Bertz CT molecular complexity index is 518. The average molecular weight is 287 g/mol. The highest BCUT2D eigenvalue weighted by Crippen LogP contribution is 2.16. The van der Waals surface area contributed by atoms with Crippen LogP contribution in [0, 0.1) is 5.82 Å². The van der Waals surface area contributed by atoms with Crippen LogP contribution in [-0.2, 0) is 9.84 Å². The molecule has 1 atom stereocenters. The Labute approximate surface area is 112 Å². The lowest BCUT2D eigenvalue weighted by Crippen LogP contribution is -2.39. The summed E-state index contributed by atoms with van der Waals surface area (Å²) in [6, 6.07) is 5.96. The molecule has 1 aliphatic heterocycles. The van der Waals surface area contributed by atoms with E-state index in [0.29, 0.717) is 24.9 Å². The predicted octanol–water partition coefficient (Wildman–Crippen LogP) is 1.03. The Balaban J connectivity index is 1.83. The molecule has 106 valence electrons. The van der Waals surface area contributed by atoms with Crippen LogP contribution in [0.3, 0.4) is 0 Å². The van der Waals surface area contributed by atoms with Crippen molar-refractivity contribution < 1.29 is 17.9 Å². The molecule has 1 heterocycles. The van der Waals surface area contributed by atoms with Crippen molar-refractivity contribution in [3.05, 3.63) is 35.6 Å². The molecule has 6 heteroatoms. The third-order valence-electron chi connectivity index (χ3n) is 3.39. The Morgan fingerprint density at radius 1 is 1.37 bits per heavy atom. The minimum Gasteiger partial charge on any atom is -0.387 e. The normalized spacial score (nSPS) is 21.2. The van der Waals surface area contributed by atoms with E-state index in [1.165, 1.54) is 12.1 Å². The van der Waals surface area contributed by atoms with Crippen LogP contribution in [0.4, 0.5) is 4.39 Å². The van der Waals surface area contributed by atoms with Crippen molar-refractivity contribution in [2.75, 3.05) is 18.1 Å². The largest absolute Gasteiger partial charge is 0.387 e. The van der Waals surface area contributed by atoms with Gasteiger partial charge in [-0.3, -0.25) is 0 Å². The van der Waals surface area contributed by atoms with E-state index < -0.39 is 15.9 Å². The van der Waals surface area contributed by atoms with Crippen LogP contribution >= 0.6 is 0 Å². The summed E-state index contributed by atoms with van der Waals surface area (Å²) in [4.78, 5) is 0. The molecule has 2 rings (SSSR count). The van der Waals surface area contributed by atoms with Crippen LogP contribution in [0.15, 0.2) is 24.3 Å². The number of nitrogens with one attached hydrogen (secondary N) is 1. The van der Waals surface area contributed by atoms with Crippen LogP contribution < -0.4 is 5.32 Å². The van der Waals surface area contributed by atoms with Crippen molar-refractivity contribution in [3.8, 4) is 0 Å². The molecule has 0 radical (unpaired) electrons. The van der Waals surface area contributed by atoms with E-state index in [1.54, 1.807) is 12.1 Å². The SMILES string of the molecule is O=S1(=O)CCC(NCC(O)c2cccc(F)c2)CC1. The van der Waals surface area contributed by atoms with Crippen molar-refractivity contribution >= 4 is 9.84 Å². The molecule has 0 aliphatic carbocycles. The van der Waals surface area contributed by atoms with Crippen molar-refractivity contribution in [1.29, 1.82) is 0 Å². The highest BCUT2D eigenvalue weighted by Gasteiger charge is 2.23. The zero-order valence-corrected chi connectivity index (χ0v) is 11.4. The lowest BCUT2D eigenvalue weighted by Gasteiger charge is -2.24. The summed E-state index contributed by atoms with van der Waals surface area (Å²) in [7, 11) is -2.86. The Morgan fingerprint density at radius 2 is 2.05 bits per heavy atom. The number of sulfone groups is 1. The maximum atomic E-state index is 13.0. The number of hydrogen-bond acceptors (Lipinski definition) is 4. The van der Waals surface area contributed by atoms with Crippen molar-refractivity contribution in [2.45, 2.75) is 25.0 Å². The summed E-state index contributed by atoms with van der Waals surface area (Å²) in [5.74, 6) is 0.0156. The van der Waals surface area contributed by atoms with Gasteiger partial charge in [0.05, 0.1) is 17.6 Å². The quantitative estimate of drug-likeness (QED) is 0.868. The smallest absolute Gasteiger partial charge is 0.150 e. The van der Waals surface area contributed by atoms with Gasteiger partial charge in [0, 0.05) is 12.6 Å². The van der Waals surface area contributed by atoms with E-state index in [9.17, 15) is 17.9 Å². The van der Waals surface area contributed by atoms with Crippen molar-refractivity contribution in [3.63, 3.8) is 0 Å². The summed E-state index contributed by atoms with van der Waals surface area (Å²) in [6.45, 7) is 0.300. The Hall–Kier alpha value is -0.980. The molecule has 4 nitrogen and oxygen atoms in total. The molecule has 0 amide bonds. The zero-order valence-electron chi connectivity index (χ0n) is 10.5. The van der Waals surface area contributed by atoms with Gasteiger partial charge < -0.3 is 10.4 Å². The van der Waals surface area contributed by atoms with E-state index in [1.807, 2.05) is 0 Å². The first-order chi connectivity index (χ1) is 8.96. The monoisotopic (exact) mass is 287 g/mol. The fourth-order valence-electron chi connectivity index (χ4n) is 2.20. The van der Waals surface area contributed by atoms with Gasteiger partial charge in [-0.25, -0.2) is 12.8 Å². The number of rotatable bonds is 4. The predicted molar refractivity (Wildman–Crippen MR) is 71.0 cm³/mol. The summed E-state index contributed by atoms with van der Waals surface area (Å²) in [5, 5.41) is 13.1. The van der Waals surface area contributed by atoms with Gasteiger partial charge in [-0.1, -0.05) is 12.1 Å². The van der Waals surface area contributed by atoms with Crippen LogP contribution in [0.2, 0.25) is 0 Å². The van der Waals surface area contributed by atoms with E-state index in [2.05, 4.69) is 5.32 Å². The minimum absolute atomic E-state index is 0.103. The number of halogens is 1. The molecule has 1 unspecified atom stereocenters. The highest BCUT2D eigenvalue weighted by atomic mass is 32.2. The zero-order chi connectivity index (χ0) is 13.9. The first-order valence-electron chi connectivity index (χ1n) is 6.33. The van der Waals surface area contributed by atoms with Crippen molar-refractivity contribution in [2.24, 2.45) is 0 Å². The van der Waals surface area contributed by atoms with Gasteiger partial charge in [-0.2, -0.15) is 0 Å². The molecule has 2 N–H and O–H groups in total. The molecule has 19 heavy (non-hydrogen) atoms. The second-order valence-corrected chi connectivity index (χ2v) is 7.21.